The Bertz CT molecular complexity index is 966. The van der Waals surface area contributed by atoms with Crippen molar-refractivity contribution in [2.24, 2.45) is 18.4 Å². The minimum absolute atomic E-state index is 0.362. The van der Waals surface area contributed by atoms with E-state index in [0.717, 1.165) is 23.3 Å². The van der Waals surface area contributed by atoms with Crippen LogP contribution in [-0.2, 0) is 32.1 Å². The first-order chi connectivity index (χ1) is 13.3. The predicted molar refractivity (Wildman–Crippen MR) is 113 cm³/mol. The second-order valence-electron chi connectivity index (χ2n) is 8.46. The van der Waals surface area contributed by atoms with Crippen LogP contribution in [0.3, 0.4) is 0 Å². The van der Waals surface area contributed by atoms with E-state index in [2.05, 4.69) is 51.8 Å². The highest BCUT2D eigenvalue weighted by Gasteiger charge is 2.30. The quantitative estimate of drug-likeness (QED) is 0.548. The van der Waals surface area contributed by atoms with Gasteiger partial charge < -0.3 is 8.98 Å². The second kappa shape index (κ2) is 7.63. The molecule has 3 aromatic heterocycles. The van der Waals surface area contributed by atoms with E-state index in [-0.39, 0.29) is 0 Å². The summed E-state index contributed by atoms with van der Waals surface area (Å²) in [6.45, 7) is 9.07. The molecule has 0 N–H and O–H groups in total. The van der Waals surface area contributed by atoms with Crippen molar-refractivity contribution in [1.82, 2.24) is 25.0 Å². The fourth-order valence-electron chi connectivity index (χ4n) is 3.64. The van der Waals surface area contributed by atoms with Crippen LogP contribution in [0, 0.1) is 11.3 Å². The van der Waals surface area contributed by atoms with Crippen LogP contribution < -0.4 is 0 Å². The van der Waals surface area contributed by atoms with E-state index >= 15 is 0 Å². The lowest BCUT2D eigenvalue weighted by Crippen LogP contribution is -2.26. The highest BCUT2D eigenvalue weighted by Crippen LogP contribution is 2.42. The van der Waals surface area contributed by atoms with Crippen LogP contribution in [0.1, 0.15) is 56.3 Å². The third-order valence-corrected chi connectivity index (χ3v) is 7.74. The SMILES string of the molecule is CCc1nnc(CSc2nnc(-c3cc4c(s3)CCC(C(C)(C)C)C4)n2C)o1. The molecule has 1 atom stereocenters. The smallest absolute Gasteiger partial charge is 0.226 e. The molecule has 3 aromatic rings. The Kier molecular flexibility index (Phi) is 5.35. The molecule has 3 heterocycles. The van der Waals surface area contributed by atoms with Crippen molar-refractivity contribution in [1.29, 1.82) is 0 Å². The van der Waals surface area contributed by atoms with Crippen molar-refractivity contribution >= 4 is 23.1 Å². The van der Waals surface area contributed by atoms with Gasteiger partial charge in [0.15, 0.2) is 11.0 Å². The number of aryl methyl sites for hydroxylation is 2. The zero-order valence-corrected chi connectivity index (χ0v) is 18.8. The Labute approximate surface area is 174 Å². The average molecular weight is 418 g/mol. The third-order valence-electron chi connectivity index (χ3n) is 5.50. The maximum absolute atomic E-state index is 5.58. The van der Waals surface area contributed by atoms with Crippen molar-refractivity contribution < 1.29 is 4.42 Å². The molecular formula is C20H27N5OS2. The maximum atomic E-state index is 5.58. The molecule has 0 spiro atoms. The first kappa shape index (κ1) is 19.6. The van der Waals surface area contributed by atoms with Crippen LogP contribution in [0.4, 0.5) is 0 Å². The second-order valence-corrected chi connectivity index (χ2v) is 10.5. The third kappa shape index (κ3) is 3.89. The van der Waals surface area contributed by atoms with E-state index in [9.17, 15) is 0 Å². The number of hydrogen-bond acceptors (Lipinski definition) is 7. The summed E-state index contributed by atoms with van der Waals surface area (Å²) in [6, 6.07) is 2.34. The van der Waals surface area contributed by atoms with Crippen molar-refractivity contribution in [3.05, 3.63) is 28.3 Å². The van der Waals surface area contributed by atoms with Gasteiger partial charge in [-0.05, 0) is 42.2 Å². The van der Waals surface area contributed by atoms with E-state index in [1.165, 1.54) is 34.6 Å². The topological polar surface area (TPSA) is 69.6 Å². The average Bonchev–Trinajstić information content (AvgIpc) is 3.36. The largest absolute Gasteiger partial charge is 0.424 e. The predicted octanol–water partition coefficient (Wildman–Crippen LogP) is 4.93. The molecule has 4 rings (SSSR count). The molecule has 6 nitrogen and oxygen atoms in total. The molecule has 0 radical (unpaired) electrons. The van der Waals surface area contributed by atoms with Gasteiger partial charge in [0.1, 0.15) is 0 Å². The first-order valence-corrected chi connectivity index (χ1v) is 11.6. The number of hydrogen-bond donors (Lipinski definition) is 0. The van der Waals surface area contributed by atoms with Gasteiger partial charge >= 0.3 is 0 Å². The molecule has 0 aromatic carbocycles. The Hall–Kier alpha value is -1.67. The summed E-state index contributed by atoms with van der Waals surface area (Å²) >= 11 is 3.45. The van der Waals surface area contributed by atoms with Gasteiger partial charge in [0.2, 0.25) is 11.8 Å². The lowest BCUT2D eigenvalue weighted by molar-refractivity contribution is 0.217. The van der Waals surface area contributed by atoms with Crippen LogP contribution in [0.15, 0.2) is 15.6 Å². The standard InChI is InChI=1S/C20H27N5OS2/c1-6-16-21-22-17(26-16)11-27-19-24-23-18(25(19)5)15-10-12-9-13(20(2,3)4)7-8-14(12)28-15/h10,13H,6-9,11H2,1-5H3. The van der Waals surface area contributed by atoms with Crippen molar-refractivity contribution in [3.8, 4) is 10.7 Å². The number of thiophene rings is 1. The highest BCUT2D eigenvalue weighted by molar-refractivity contribution is 7.98. The van der Waals surface area contributed by atoms with Gasteiger partial charge in [-0.25, -0.2) is 0 Å². The summed E-state index contributed by atoms with van der Waals surface area (Å²) in [6.07, 6.45) is 4.38. The molecule has 0 aliphatic heterocycles. The summed E-state index contributed by atoms with van der Waals surface area (Å²) in [5.74, 6) is 3.59. The molecule has 1 aliphatic rings. The summed E-state index contributed by atoms with van der Waals surface area (Å²) in [4.78, 5) is 2.73. The molecule has 0 bridgehead atoms. The Morgan fingerprint density at radius 3 is 2.71 bits per heavy atom. The lowest BCUT2D eigenvalue weighted by atomic mass is 9.72. The molecular weight excluding hydrogens is 390 g/mol. The summed E-state index contributed by atoms with van der Waals surface area (Å²) in [7, 11) is 2.03. The zero-order valence-electron chi connectivity index (χ0n) is 17.2. The first-order valence-electron chi connectivity index (χ1n) is 9.80. The molecule has 150 valence electrons. The van der Waals surface area contributed by atoms with Gasteiger partial charge in [0, 0.05) is 18.3 Å². The highest BCUT2D eigenvalue weighted by atomic mass is 32.2. The van der Waals surface area contributed by atoms with Gasteiger partial charge in [-0.2, -0.15) is 0 Å². The molecule has 0 amide bonds. The van der Waals surface area contributed by atoms with E-state index in [0.29, 0.717) is 22.9 Å². The van der Waals surface area contributed by atoms with Crippen LogP contribution in [0.2, 0.25) is 0 Å². The number of fused-ring (bicyclic) bond motifs is 1. The number of nitrogens with zero attached hydrogens (tertiary/aromatic N) is 5. The van der Waals surface area contributed by atoms with Crippen LogP contribution in [-0.4, -0.2) is 25.0 Å². The van der Waals surface area contributed by atoms with Crippen LogP contribution in [0.25, 0.3) is 10.7 Å². The van der Waals surface area contributed by atoms with Gasteiger partial charge in [-0.3, -0.25) is 0 Å². The zero-order chi connectivity index (χ0) is 19.9. The van der Waals surface area contributed by atoms with E-state index in [1.54, 1.807) is 11.8 Å². The molecule has 0 saturated heterocycles. The molecule has 0 saturated carbocycles. The Morgan fingerprint density at radius 1 is 1.21 bits per heavy atom. The fourth-order valence-corrected chi connectivity index (χ4v) is 5.62. The van der Waals surface area contributed by atoms with Crippen molar-refractivity contribution in [3.63, 3.8) is 0 Å². The molecule has 1 aliphatic carbocycles. The van der Waals surface area contributed by atoms with Gasteiger partial charge in [-0.15, -0.1) is 31.7 Å². The normalized spacial score (nSPS) is 17.1. The minimum Gasteiger partial charge on any atom is -0.424 e. The number of thioether (sulfide) groups is 1. The summed E-state index contributed by atoms with van der Waals surface area (Å²) in [5.41, 5.74) is 1.86. The molecule has 0 fully saturated rings. The fraction of sp³-hybridized carbons (Fsp3) is 0.600. The minimum atomic E-state index is 0.362. The maximum Gasteiger partial charge on any atom is 0.226 e. The van der Waals surface area contributed by atoms with Crippen LogP contribution >= 0.6 is 23.1 Å². The number of rotatable bonds is 5. The molecule has 28 heavy (non-hydrogen) atoms. The Morgan fingerprint density at radius 2 is 2.00 bits per heavy atom. The summed E-state index contributed by atoms with van der Waals surface area (Å²) < 4.78 is 7.65. The lowest BCUT2D eigenvalue weighted by Gasteiger charge is -2.33. The molecule has 1 unspecified atom stereocenters. The monoisotopic (exact) mass is 417 g/mol. The van der Waals surface area contributed by atoms with Gasteiger partial charge in [0.25, 0.3) is 0 Å². The summed E-state index contributed by atoms with van der Waals surface area (Å²) in [5, 5.41) is 17.8. The van der Waals surface area contributed by atoms with E-state index < -0.39 is 0 Å². The van der Waals surface area contributed by atoms with Crippen molar-refractivity contribution in [2.75, 3.05) is 0 Å². The van der Waals surface area contributed by atoms with Gasteiger partial charge in [-0.1, -0.05) is 39.5 Å². The van der Waals surface area contributed by atoms with E-state index in [4.69, 9.17) is 4.42 Å². The Balaban J connectivity index is 1.49. The van der Waals surface area contributed by atoms with Crippen molar-refractivity contribution in [2.45, 2.75) is 64.3 Å². The number of aromatic nitrogens is 5. The van der Waals surface area contributed by atoms with E-state index in [1.807, 2.05) is 25.3 Å². The van der Waals surface area contributed by atoms with Crippen LogP contribution in [0.5, 0.6) is 0 Å². The van der Waals surface area contributed by atoms with Gasteiger partial charge in [0.05, 0.1) is 10.6 Å². The molecule has 8 heteroatoms.